The molecule has 0 saturated carbocycles. The van der Waals surface area contributed by atoms with Crippen molar-refractivity contribution in [1.29, 1.82) is 0 Å². The number of allylic oxidation sites excluding steroid dienone is 6. The maximum absolute atomic E-state index is 12.4. The van der Waals surface area contributed by atoms with Crippen molar-refractivity contribution in [2.45, 2.75) is 182 Å². The minimum absolute atomic E-state index is 0.990. The molecule has 2 aromatic carbocycles. The van der Waals surface area contributed by atoms with Crippen LogP contribution in [0.1, 0.15) is 191 Å². The van der Waals surface area contributed by atoms with Crippen molar-refractivity contribution in [3.8, 4) is 0 Å². The Morgan fingerprint density at radius 1 is 0.420 bits per heavy atom. The number of aryl methyl sites for hydroxylation is 2. The van der Waals surface area contributed by atoms with Crippen LogP contribution < -0.4 is 0 Å². The molecule has 274 valence electrons. The first-order valence-corrected chi connectivity index (χ1v) is 21.1. The molecule has 0 saturated heterocycles. The average molecular weight is 677 g/mol. The van der Waals surface area contributed by atoms with Gasteiger partial charge in [0.1, 0.15) is 0 Å². The van der Waals surface area contributed by atoms with Crippen LogP contribution in [0.5, 0.6) is 0 Å². The maximum Gasteiger partial charge on any atom is 0.211 e. The average Bonchev–Trinajstić information content (AvgIpc) is 3.41. The third kappa shape index (κ3) is 14.0. The van der Waals surface area contributed by atoms with Gasteiger partial charge in [-0.1, -0.05) is 165 Å². The fourth-order valence-electron chi connectivity index (χ4n) is 7.45. The molecule has 0 atom stereocenters. The lowest BCUT2D eigenvalue weighted by atomic mass is 9.89. The molecule has 2 nitrogen and oxygen atoms in total. The van der Waals surface area contributed by atoms with E-state index in [1.165, 1.54) is 136 Å². The van der Waals surface area contributed by atoms with Gasteiger partial charge >= 0.3 is 0 Å². The lowest BCUT2D eigenvalue weighted by molar-refractivity contribution is -0.345. The predicted molar refractivity (Wildman–Crippen MR) is 220 cm³/mol. The van der Waals surface area contributed by atoms with Crippen molar-refractivity contribution < 1.29 is 4.70 Å². The molecule has 0 radical (unpaired) electrons. The van der Waals surface area contributed by atoms with Crippen molar-refractivity contribution in [3.63, 3.8) is 0 Å². The van der Waals surface area contributed by atoms with Crippen LogP contribution in [-0.4, -0.2) is 4.70 Å². The summed E-state index contributed by atoms with van der Waals surface area (Å²) in [6.45, 7) is 9.14. The summed E-state index contributed by atoms with van der Waals surface area (Å²) in [6, 6.07) is 17.8. The minimum Gasteiger partial charge on any atom is -0.493 e. The van der Waals surface area contributed by atoms with E-state index in [1.807, 2.05) is 0 Å². The molecule has 0 aromatic heterocycles. The van der Waals surface area contributed by atoms with E-state index < -0.39 is 0 Å². The number of unbranched alkanes of at least 4 members (excludes halogenated alkanes) is 14. The maximum atomic E-state index is 12.4. The van der Waals surface area contributed by atoms with E-state index in [1.54, 1.807) is 4.70 Å². The van der Waals surface area contributed by atoms with Crippen LogP contribution in [0.2, 0.25) is 0 Å². The second-order valence-electron chi connectivity index (χ2n) is 14.6. The second kappa shape index (κ2) is 25.9. The largest absolute Gasteiger partial charge is 0.493 e. The van der Waals surface area contributed by atoms with E-state index in [-0.39, 0.29) is 0 Å². The minimum atomic E-state index is 0.990. The molecule has 0 spiro atoms. The molecule has 2 heteroatoms. The van der Waals surface area contributed by atoms with Crippen molar-refractivity contribution >= 4 is 11.4 Å². The van der Waals surface area contributed by atoms with Crippen molar-refractivity contribution in [2.75, 3.05) is 0 Å². The summed E-state index contributed by atoms with van der Waals surface area (Å²) in [4.78, 5) is 0. The molecule has 0 aliphatic carbocycles. The van der Waals surface area contributed by atoms with Gasteiger partial charge in [-0.3, -0.25) is 0 Å². The molecule has 1 heterocycles. The van der Waals surface area contributed by atoms with E-state index in [0.29, 0.717) is 0 Å². The van der Waals surface area contributed by atoms with Crippen molar-refractivity contribution in [3.05, 3.63) is 112 Å². The van der Waals surface area contributed by atoms with Gasteiger partial charge in [-0.15, -0.1) is 0 Å². The molecule has 50 heavy (non-hydrogen) atoms. The monoisotopic (exact) mass is 677 g/mol. The van der Waals surface area contributed by atoms with Gasteiger partial charge in [-0.05, 0) is 100 Å². The number of benzene rings is 2. The zero-order valence-electron chi connectivity index (χ0n) is 32.8. The Bertz CT molecular complexity index is 1370. The van der Waals surface area contributed by atoms with Crippen molar-refractivity contribution in [1.82, 2.24) is 0 Å². The molecule has 2 aromatic rings. The van der Waals surface area contributed by atoms with Crippen LogP contribution in [0, 0.1) is 0 Å². The van der Waals surface area contributed by atoms with Crippen molar-refractivity contribution in [2.24, 2.45) is 0 Å². The molecular formula is C48H72N2. The highest BCUT2D eigenvalue weighted by Gasteiger charge is 2.36. The van der Waals surface area contributed by atoms with Crippen LogP contribution in [-0.2, 0) is 12.8 Å². The van der Waals surface area contributed by atoms with Crippen LogP contribution in [0.15, 0.2) is 84.0 Å². The Hall–Kier alpha value is -3.00. The second-order valence-corrected chi connectivity index (χ2v) is 14.6. The summed E-state index contributed by atoms with van der Waals surface area (Å²) >= 11 is 0. The van der Waals surface area contributed by atoms with E-state index in [0.717, 1.165) is 62.8 Å². The smallest absolute Gasteiger partial charge is 0.211 e. The molecule has 1 aliphatic rings. The Labute approximate surface area is 308 Å². The van der Waals surface area contributed by atoms with Gasteiger partial charge in [0, 0.05) is 22.3 Å². The lowest BCUT2D eigenvalue weighted by Crippen LogP contribution is -2.06. The molecule has 0 amide bonds. The standard InChI is InChI=1S/C48H72N2/c1-5-9-13-16-19-21-23-26-33-41-35-29-31-38-43(41)47-45(37-12-8-4)46(40-28-25-18-15-11-7-3)48(50(47)49)44-39-32-30-36-42(44)34-27-24-22-20-17-14-10-6-2/h21-24,29-32,35-36,38-39H,5-20,25-28,33-34,37,40H2,1-4H3. The first-order valence-electron chi connectivity index (χ1n) is 21.1. The molecule has 0 unspecified atom stereocenters. The predicted octanol–water partition coefficient (Wildman–Crippen LogP) is 15.7. The topological polar surface area (TPSA) is 25.3 Å². The SMILES string of the molecule is CCCCCCC=CCCc1ccccc1C1=C(CCCC)C(CCCCCCCC)=C(c2ccccc2CCC=CCCCCCC)[N+]1=[N-]. The van der Waals surface area contributed by atoms with E-state index in [9.17, 15) is 5.53 Å². The Kier molecular flexibility index (Phi) is 21.4. The van der Waals surface area contributed by atoms with E-state index in [4.69, 9.17) is 0 Å². The molecule has 0 fully saturated rings. The lowest BCUT2D eigenvalue weighted by Gasteiger charge is -2.14. The summed E-state index contributed by atoms with van der Waals surface area (Å²) < 4.78 is 1.63. The van der Waals surface area contributed by atoms with Gasteiger partial charge in [-0.2, -0.15) is 0 Å². The van der Waals surface area contributed by atoms with Gasteiger partial charge in [-0.25, -0.2) is 4.70 Å². The Morgan fingerprint density at radius 2 is 0.800 bits per heavy atom. The first-order chi connectivity index (χ1) is 24.7. The first kappa shape index (κ1) is 41.4. The number of nitrogens with zero attached hydrogens (tertiary/aromatic N) is 2. The Balaban J connectivity index is 1.93. The number of hydrogen-bond donors (Lipinski definition) is 0. The van der Waals surface area contributed by atoms with Crippen LogP contribution >= 0.6 is 0 Å². The normalized spacial score (nSPS) is 13.6. The summed E-state index contributed by atoms with van der Waals surface area (Å²) in [5.41, 5.74) is 22.4. The van der Waals surface area contributed by atoms with E-state index in [2.05, 4.69) is 101 Å². The van der Waals surface area contributed by atoms with Gasteiger partial charge < -0.3 is 5.53 Å². The van der Waals surface area contributed by atoms with Crippen LogP contribution in [0.25, 0.3) is 16.9 Å². The summed E-state index contributed by atoms with van der Waals surface area (Å²) in [5.74, 6) is 0. The Morgan fingerprint density at radius 3 is 1.28 bits per heavy atom. The molecule has 3 rings (SSSR count). The van der Waals surface area contributed by atoms with Gasteiger partial charge in [0.15, 0.2) is 0 Å². The number of rotatable bonds is 28. The quantitative estimate of drug-likeness (QED) is 0.0487. The zero-order chi connectivity index (χ0) is 35.7. The fourth-order valence-corrected chi connectivity index (χ4v) is 7.45. The highest BCUT2D eigenvalue weighted by molar-refractivity contribution is 5.83. The van der Waals surface area contributed by atoms with Gasteiger partial charge in [0.25, 0.3) is 0 Å². The summed E-state index contributed by atoms with van der Waals surface area (Å²) in [6.07, 6.45) is 38.4. The molecule has 0 N–H and O–H groups in total. The highest BCUT2D eigenvalue weighted by Crippen LogP contribution is 2.46. The van der Waals surface area contributed by atoms with Crippen LogP contribution in [0.4, 0.5) is 0 Å². The van der Waals surface area contributed by atoms with Gasteiger partial charge in [0.2, 0.25) is 11.4 Å². The third-order valence-electron chi connectivity index (χ3n) is 10.4. The highest BCUT2D eigenvalue weighted by atomic mass is 15.2. The molecule has 0 bridgehead atoms. The summed E-state index contributed by atoms with van der Waals surface area (Å²) in [7, 11) is 0. The summed E-state index contributed by atoms with van der Waals surface area (Å²) in [5, 5.41) is 0. The zero-order valence-corrected chi connectivity index (χ0v) is 32.8. The van der Waals surface area contributed by atoms with E-state index >= 15 is 0 Å². The third-order valence-corrected chi connectivity index (χ3v) is 10.4. The fraction of sp³-hybridized carbons (Fsp3) is 0.583. The van der Waals surface area contributed by atoms with Crippen LogP contribution in [0.3, 0.4) is 0 Å². The molecular weight excluding hydrogens is 605 g/mol. The van der Waals surface area contributed by atoms with Gasteiger partial charge in [0.05, 0.1) is 0 Å². The molecule has 1 aliphatic heterocycles. The number of hydrogen-bond acceptors (Lipinski definition) is 0.